The summed E-state index contributed by atoms with van der Waals surface area (Å²) in [6.45, 7) is 5.88. The van der Waals surface area contributed by atoms with Crippen LogP contribution >= 0.6 is 0 Å². The van der Waals surface area contributed by atoms with Gasteiger partial charge in [0.05, 0.1) is 23.3 Å². The van der Waals surface area contributed by atoms with E-state index in [0.29, 0.717) is 18.8 Å². The molecule has 3 N–H and O–H groups in total. The zero-order chi connectivity index (χ0) is 15.1. The fraction of sp³-hybridized carbons (Fsp3) is 0.538. The SMILES string of the molecule is CC(C)OCCN(C)Cc1cc([N+](=O)[O-])ccc1NN. The number of benzene rings is 1. The molecule has 0 heterocycles. The van der Waals surface area contributed by atoms with Crippen LogP contribution in [0.4, 0.5) is 11.4 Å². The number of anilines is 1. The van der Waals surface area contributed by atoms with Crippen molar-refractivity contribution in [1.29, 1.82) is 0 Å². The van der Waals surface area contributed by atoms with E-state index in [2.05, 4.69) is 5.43 Å². The lowest BCUT2D eigenvalue weighted by molar-refractivity contribution is -0.384. The lowest BCUT2D eigenvalue weighted by atomic mass is 10.1. The summed E-state index contributed by atoms with van der Waals surface area (Å²) in [6, 6.07) is 4.58. The van der Waals surface area contributed by atoms with E-state index in [1.807, 2.05) is 25.8 Å². The number of non-ortho nitro benzene ring substituents is 1. The van der Waals surface area contributed by atoms with Gasteiger partial charge >= 0.3 is 0 Å². The highest BCUT2D eigenvalue weighted by Crippen LogP contribution is 2.22. The molecule has 0 saturated carbocycles. The minimum Gasteiger partial charge on any atom is -0.377 e. The first-order valence-electron chi connectivity index (χ1n) is 6.48. The minimum absolute atomic E-state index is 0.0610. The van der Waals surface area contributed by atoms with Gasteiger partial charge < -0.3 is 10.2 Å². The van der Waals surface area contributed by atoms with Crippen LogP contribution in [0.25, 0.3) is 0 Å². The molecule has 20 heavy (non-hydrogen) atoms. The van der Waals surface area contributed by atoms with Crippen molar-refractivity contribution in [2.75, 3.05) is 25.6 Å². The number of hydrogen-bond acceptors (Lipinski definition) is 6. The first-order chi connectivity index (χ1) is 9.43. The minimum atomic E-state index is -0.411. The predicted molar refractivity (Wildman–Crippen MR) is 78.3 cm³/mol. The molecule has 0 aliphatic rings. The Hall–Kier alpha value is -1.70. The van der Waals surface area contributed by atoms with Crippen LogP contribution in [0.1, 0.15) is 19.4 Å². The van der Waals surface area contributed by atoms with Crippen LogP contribution in [0.15, 0.2) is 18.2 Å². The van der Waals surface area contributed by atoms with Crippen LogP contribution < -0.4 is 11.3 Å². The Morgan fingerprint density at radius 1 is 1.50 bits per heavy atom. The van der Waals surface area contributed by atoms with Gasteiger partial charge in [-0.3, -0.25) is 20.9 Å². The number of nitrogen functional groups attached to an aromatic ring is 1. The summed E-state index contributed by atoms with van der Waals surface area (Å²) in [5, 5.41) is 10.8. The van der Waals surface area contributed by atoms with Gasteiger partial charge in [0.15, 0.2) is 0 Å². The second-order valence-electron chi connectivity index (χ2n) is 4.90. The maximum absolute atomic E-state index is 10.8. The molecular weight excluding hydrogens is 260 g/mol. The maximum Gasteiger partial charge on any atom is 0.269 e. The average Bonchev–Trinajstić information content (AvgIpc) is 2.38. The van der Waals surface area contributed by atoms with Gasteiger partial charge in [0.2, 0.25) is 0 Å². The molecule has 0 spiro atoms. The maximum atomic E-state index is 10.8. The summed E-state index contributed by atoms with van der Waals surface area (Å²) in [4.78, 5) is 12.4. The summed E-state index contributed by atoms with van der Waals surface area (Å²) in [5.74, 6) is 5.43. The number of nitrogens with two attached hydrogens (primary N) is 1. The molecular formula is C13H22N4O3. The molecule has 0 bridgehead atoms. The van der Waals surface area contributed by atoms with Gasteiger partial charge in [-0.2, -0.15) is 0 Å². The van der Waals surface area contributed by atoms with Crippen LogP contribution in [-0.2, 0) is 11.3 Å². The van der Waals surface area contributed by atoms with Gasteiger partial charge in [-0.25, -0.2) is 0 Å². The van der Waals surface area contributed by atoms with Crippen molar-refractivity contribution in [2.24, 2.45) is 5.84 Å². The summed E-state index contributed by atoms with van der Waals surface area (Å²) < 4.78 is 5.48. The van der Waals surface area contributed by atoms with Gasteiger partial charge in [-0.1, -0.05) is 0 Å². The largest absolute Gasteiger partial charge is 0.377 e. The van der Waals surface area contributed by atoms with E-state index >= 15 is 0 Å². The molecule has 1 rings (SSSR count). The van der Waals surface area contributed by atoms with Crippen molar-refractivity contribution in [2.45, 2.75) is 26.5 Å². The van der Waals surface area contributed by atoms with Crippen molar-refractivity contribution in [1.82, 2.24) is 4.90 Å². The highest BCUT2D eigenvalue weighted by molar-refractivity contribution is 5.55. The zero-order valence-corrected chi connectivity index (χ0v) is 12.1. The Morgan fingerprint density at radius 3 is 2.75 bits per heavy atom. The van der Waals surface area contributed by atoms with Crippen molar-refractivity contribution < 1.29 is 9.66 Å². The molecule has 0 aliphatic carbocycles. The Bertz CT molecular complexity index is 451. The van der Waals surface area contributed by atoms with Gasteiger partial charge in [0, 0.05) is 25.2 Å². The normalized spacial score (nSPS) is 11.1. The summed E-state index contributed by atoms with van der Waals surface area (Å²) in [5.41, 5.74) is 4.09. The van der Waals surface area contributed by atoms with Crippen LogP contribution in [0.5, 0.6) is 0 Å². The smallest absolute Gasteiger partial charge is 0.269 e. The zero-order valence-electron chi connectivity index (χ0n) is 12.1. The highest BCUT2D eigenvalue weighted by atomic mass is 16.6. The molecule has 1 aromatic rings. The number of nitro benzene ring substituents is 1. The van der Waals surface area contributed by atoms with Gasteiger partial charge in [-0.05, 0) is 32.5 Å². The van der Waals surface area contributed by atoms with Crippen LogP contribution in [0, 0.1) is 10.1 Å². The third kappa shape index (κ3) is 5.12. The van der Waals surface area contributed by atoms with Crippen molar-refractivity contribution in [3.8, 4) is 0 Å². The molecule has 0 radical (unpaired) electrons. The number of hydrazine groups is 1. The van der Waals surface area contributed by atoms with Gasteiger partial charge in [0.1, 0.15) is 0 Å². The number of nitro groups is 1. The molecule has 0 aromatic heterocycles. The van der Waals surface area contributed by atoms with E-state index < -0.39 is 4.92 Å². The van der Waals surface area contributed by atoms with E-state index in [9.17, 15) is 10.1 Å². The van der Waals surface area contributed by atoms with E-state index in [-0.39, 0.29) is 11.8 Å². The predicted octanol–water partition coefficient (Wildman–Crippen LogP) is 1.74. The summed E-state index contributed by atoms with van der Waals surface area (Å²) >= 11 is 0. The highest BCUT2D eigenvalue weighted by Gasteiger charge is 2.12. The van der Waals surface area contributed by atoms with E-state index in [1.54, 1.807) is 6.07 Å². The standard InChI is InChI=1S/C13H22N4O3/c1-10(2)20-7-6-16(3)9-11-8-12(17(18)19)4-5-13(11)15-14/h4-5,8,10,15H,6-7,9,14H2,1-3H3. The molecule has 0 saturated heterocycles. The van der Waals surface area contributed by atoms with Crippen molar-refractivity contribution >= 4 is 11.4 Å². The molecule has 0 unspecified atom stereocenters. The molecule has 7 nitrogen and oxygen atoms in total. The first kappa shape index (κ1) is 16.4. The first-order valence-corrected chi connectivity index (χ1v) is 6.48. The monoisotopic (exact) mass is 282 g/mol. The topological polar surface area (TPSA) is 93.7 Å². The van der Waals surface area contributed by atoms with Crippen LogP contribution in [0.3, 0.4) is 0 Å². The number of ether oxygens (including phenoxy) is 1. The molecule has 0 aliphatic heterocycles. The molecule has 7 heteroatoms. The number of likely N-dealkylation sites (N-methyl/N-ethyl adjacent to an activating group) is 1. The lowest BCUT2D eigenvalue weighted by Gasteiger charge is -2.19. The Balaban J connectivity index is 2.69. The van der Waals surface area contributed by atoms with E-state index in [4.69, 9.17) is 10.6 Å². The second-order valence-corrected chi connectivity index (χ2v) is 4.90. The van der Waals surface area contributed by atoms with Gasteiger partial charge in [-0.15, -0.1) is 0 Å². The van der Waals surface area contributed by atoms with Crippen LogP contribution in [0.2, 0.25) is 0 Å². The number of hydrogen-bond donors (Lipinski definition) is 2. The summed E-state index contributed by atoms with van der Waals surface area (Å²) in [6.07, 6.45) is 0.197. The lowest BCUT2D eigenvalue weighted by Crippen LogP contribution is -2.25. The number of rotatable bonds is 8. The van der Waals surface area contributed by atoms with E-state index in [0.717, 1.165) is 12.1 Å². The molecule has 112 valence electrons. The second kappa shape index (κ2) is 7.78. The molecule has 1 aromatic carbocycles. The fourth-order valence-corrected chi connectivity index (χ4v) is 1.78. The van der Waals surface area contributed by atoms with Crippen molar-refractivity contribution in [3.63, 3.8) is 0 Å². The van der Waals surface area contributed by atoms with Crippen molar-refractivity contribution in [3.05, 3.63) is 33.9 Å². The third-order valence-electron chi connectivity index (χ3n) is 2.82. The average molecular weight is 282 g/mol. The number of nitrogens with zero attached hydrogens (tertiary/aromatic N) is 2. The molecule has 0 amide bonds. The van der Waals surface area contributed by atoms with Crippen LogP contribution in [-0.4, -0.2) is 36.1 Å². The third-order valence-corrected chi connectivity index (χ3v) is 2.82. The molecule has 0 fully saturated rings. The Labute approximate surface area is 118 Å². The molecule has 0 atom stereocenters. The quantitative estimate of drug-likeness (QED) is 0.428. The van der Waals surface area contributed by atoms with E-state index in [1.165, 1.54) is 12.1 Å². The van der Waals surface area contributed by atoms with Gasteiger partial charge in [0.25, 0.3) is 5.69 Å². The summed E-state index contributed by atoms with van der Waals surface area (Å²) in [7, 11) is 1.93. The Morgan fingerprint density at radius 2 is 2.20 bits per heavy atom. The Kier molecular flexibility index (Phi) is 6.37. The fourth-order valence-electron chi connectivity index (χ4n) is 1.78. The number of nitrogens with one attached hydrogen (secondary N) is 1.